The molecule has 1 aliphatic rings. The summed E-state index contributed by atoms with van der Waals surface area (Å²) in [4.78, 5) is 18.4. The van der Waals surface area contributed by atoms with Gasteiger partial charge < -0.3 is 20.3 Å². The SMILES string of the molecule is CN=C(NCCN(C(=O)OC(C)(C)C)C1CC1)NCc1nnc2ccccn12.I. The van der Waals surface area contributed by atoms with Crippen LogP contribution in [-0.4, -0.2) is 63.3 Å². The third kappa shape index (κ3) is 6.72. The molecule has 0 radical (unpaired) electrons. The van der Waals surface area contributed by atoms with Gasteiger partial charge in [0.1, 0.15) is 5.60 Å². The maximum absolute atomic E-state index is 12.4. The highest BCUT2D eigenvalue weighted by atomic mass is 127. The summed E-state index contributed by atoms with van der Waals surface area (Å²) in [5, 5.41) is 14.8. The molecule has 2 aromatic rings. The third-order valence-electron chi connectivity index (χ3n) is 4.28. The monoisotopic (exact) mass is 515 g/mol. The number of hydrogen-bond acceptors (Lipinski definition) is 5. The summed E-state index contributed by atoms with van der Waals surface area (Å²) in [5.74, 6) is 1.44. The van der Waals surface area contributed by atoms with Crippen LogP contribution >= 0.6 is 24.0 Å². The molecule has 0 aliphatic heterocycles. The van der Waals surface area contributed by atoms with Gasteiger partial charge in [-0.3, -0.25) is 9.39 Å². The van der Waals surface area contributed by atoms with Crippen LogP contribution in [0.2, 0.25) is 0 Å². The molecule has 29 heavy (non-hydrogen) atoms. The van der Waals surface area contributed by atoms with Gasteiger partial charge in [-0.2, -0.15) is 0 Å². The number of hydrogen-bond donors (Lipinski definition) is 2. The van der Waals surface area contributed by atoms with Crippen LogP contribution in [0, 0.1) is 0 Å². The molecule has 1 amide bonds. The average Bonchev–Trinajstić information content (AvgIpc) is 3.39. The van der Waals surface area contributed by atoms with Crippen LogP contribution in [-0.2, 0) is 11.3 Å². The Labute approximate surface area is 188 Å². The van der Waals surface area contributed by atoms with Gasteiger partial charge in [-0.1, -0.05) is 6.07 Å². The minimum atomic E-state index is -0.490. The van der Waals surface area contributed by atoms with Crippen molar-refractivity contribution >= 4 is 41.7 Å². The van der Waals surface area contributed by atoms with Crippen molar-refractivity contribution in [1.82, 2.24) is 30.1 Å². The van der Waals surface area contributed by atoms with Crippen molar-refractivity contribution in [1.29, 1.82) is 0 Å². The quantitative estimate of drug-likeness (QED) is 0.349. The van der Waals surface area contributed by atoms with Crippen LogP contribution in [0.5, 0.6) is 0 Å². The molecule has 1 aliphatic carbocycles. The van der Waals surface area contributed by atoms with Crippen LogP contribution in [0.1, 0.15) is 39.4 Å². The highest BCUT2D eigenvalue weighted by Crippen LogP contribution is 2.28. The van der Waals surface area contributed by atoms with Gasteiger partial charge in [-0.05, 0) is 45.7 Å². The number of aromatic nitrogens is 3. The molecule has 3 rings (SSSR count). The summed E-state index contributed by atoms with van der Waals surface area (Å²) in [7, 11) is 1.71. The first-order chi connectivity index (χ1) is 13.4. The van der Waals surface area contributed by atoms with E-state index in [0.29, 0.717) is 25.6 Å². The Bertz CT molecular complexity index is 842. The summed E-state index contributed by atoms with van der Waals surface area (Å²) in [6.45, 7) is 7.28. The zero-order valence-electron chi connectivity index (χ0n) is 17.4. The van der Waals surface area contributed by atoms with Gasteiger partial charge in [-0.15, -0.1) is 34.2 Å². The lowest BCUT2D eigenvalue weighted by molar-refractivity contribution is 0.0238. The molecule has 2 heterocycles. The third-order valence-corrected chi connectivity index (χ3v) is 4.28. The molecule has 2 N–H and O–H groups in total. The zero-order chi connectivity index (χ0) is 20.1. The molecule has 0 spiro atoms. The summed E-state index contributed by atoms with van der Waals surface area (Å²) in [6.07, 6.45) is 3.74. The number of nitrogens with one attached hydrogen (secondary N) is 2. The highest BCUT2D eigenvalue weighted by molar-refractivity contribution is 14.0. The molecule has 0 unspecified atom stereocenters. The van der Waals surface area contributed by atoms with Gasteiger partial charge >= 0.3 is 6.09 Å². The number of nitrogens with zero attached hydrogens (tertiary/aromatic N) is 5. The molecule has 0 bridgehead atoms. The van der Waals surface area contributed by atoms with E-state index in [-0.39, 0.29) is 36.1 Å². The van der Waals surface area contributed by atoms with Crippen LogP contribution in [0.15, 0.2) is 29.4 Å². The lowest BCUT2D eigenvalue weighted by atomic mass is 10.2. The van der Waals surface area contributed by atoms with Crippen molar-refractivity contribution in [2.45, 2.75) is 51.8 Å². The van der Waals surface area contributed by atoms with Crippen molar-refractivity contribution in [3.8, 4) is 0 Å². The zero-order valence-corrected chi connectivity index (χ0v) is 19.7. The second-order valence-electron chi connectivity index (χ2n) is 7.80. The lowest BCUT2D eigenvalue weighted by Gasteiger charge is -2.27. The molecule has 0 saturated heterocycles. The van der Waals surface area contributed by atoms with E-state index in [1.54, 1.807) is 11.9 Å². The molecular formula is C19H30IN7O2. The normalized spacial score (nSPS) is 14.3. The number of amides is 1. The molecule has 2 aromatic heterocycles. The predicted octanol–water partition coefficient (Wildman–Crippen LogP) is 2.41. The maximum Gasteiger partial charge on any atom is 0.410 e. The second-order valence-corrected chi connectivity index (χ2v) is 7.80. The number of guanidine groups is 1. The second kappa shape index (κ2) is 10.1. The van der Waals surface area contributed by atoms with E-state index in [9.17, 15) is 4.79 Å². The Morgan fingerprint density at radius 2 is 2.07 bits per heavy atom. The molecule has 10 heteroatoms. The fourth-order valence-corrected chi connectivity index (χ4v) is 2.82. The Morgan fingerprint density at radius 3 is 2.72 bits per heavy atom. The Hall–Kier alpha value is -2.11. The summed E-state index contributed by atoms with van der Waals surface area (Å²) in [6, 6.07) is 6.06. The van der Waals surface area contributed by atoms with Crippen LogP contribution in [0.25, 0.3) is 5.65 Å². The number of carbonyl (C=O) groups excluding carboxylic acids is 1. The fourth-order valence-electron chi connectivity index (χ4n) is 2.82. The van der Waals surface area contributed by atoms with E-state index in [1.165, 1.54) is 0 Å². The van der Waals surface area contributed by atoms with E-state index < -0.39 is 5.60 Å². The Morgan fingerprint density at radius 1 is 1.31 bits per heavy atom. The van der Waals surface area contributed by atoms with Gasteiger partial charge in [0.15, 0.2) is 17.4 Å². The lowest BCUT2D eigenvalue weighted by Crippen LogP contribution is -2.45. The largest absolute Gasteiger partial charge is 0.444 e. The van der Waals surface area contributed by atoms with Gasteiger partial charge in [0.2, 0.25) is 0 Å². The minimum Gasteiger partial charge on any atom is -0.444 e. The van der Waals surface area contributed by atoms with E-state index in [1.807, 2.05) is 49.6 Å². The number of carbonyl (C=O) groups is 1. The summed E-state index contributed by atoms with van der Waals surface area (Å²) in [5.41, 5.74) is 0.315. The maximum atomic E-state index is 12.4. The molecule has 0 aromatic carbocycles. The number of ether oxygens (including phenoxy) is 1. The van der Waals surface area contributed by atoms with Crippen LogP contribution in [0.3, 0.4) is 0 Å². The number of fused-ring (bicyclic) bond motifs is 1. The van der Waals surface area contributed by atoms with Gasteiger partial charge in [0.05, 0.1) is 6.54 Å². The molecule has 1 saturated carbocycles. The first-order valence-corrected chi connectivity index (χ1v) is 9.60. The first-order valence-electron chi connectivity index (χ1n) is 9.60. The summed E-state index contributed by atoms with van der Waals surface area (Å²) < 4.78 is 7.45. The summed E-state index contributed by atoms with van der Waals surface area (Å²) >= 11 is 0. The number of aliphatic imine (C=N–C) groups is 1. The van der Waals surface area contributed by atoms with Crippen LogP contribution in [0.4, 0.5) is 4.79 Å². The first kappa shape index (κ1) is 23.2. The fraction of sp³-hybridized carbons (Fsp3) is 0.579. The number of rotatable bonds is 6. The Kier molecular flexibility index (Phi) is 8.05. The van der Waals surface area contributed by atoms with Crippen molar-refractivity contribution in [2.24, 2.45) is 4.99 Å². The molecule has 0 atom stereocenters. The topological polar surface area (TPSA) is 96.2 Å². The molecular weight excluding hydrogens is 485 g/mol. The predicted molar refractivity (Wildman–Crippen MR) is 123 cm³/mol. The van der Waals surface area contributed by atoms with Crippen LogP contribution < -0.4 is 10.6 Å². The van der Waals surface area contributed by atoms with Crippen molar-refractivity contribution in [3.63, 3.8) is 0 Å². The highest BCUT2D eigenvalue weighted by Gasteiger charge is 2.34. The van der Waals surface area contributed by atoms with E-state index in [0.717, 1.165) is 24.3 Å². The molecule has 9 nitrogen and oxygen atoms in total. The average molecular weight is 515 g/mol. The van der Waals surface area contributed by atoms with E-state index in [2.05, 4.69) is 25.8 Å². The number of pyridine rings is 1. The minimum absolute atomic E-state index is 0. The van der Waals surface area contributed by atoms with E-state index in [4.69, 9.17) is 4.74 Å². The standard InChI is InChI=1S/C19H29N7O2.HI/c1-19(2,3)28-18(27)25(14-8-9-14)12-10-21-17(20-4)22-13-16-24-23-15-7-5-6-11-26(15)16;/h5-7,11,14H,8-10,12-13H2,1-4H3,(H2,20,21,22);1H. The molecule has 1 fully saturated rings. The van der Waals surface area contributed by atoms with Gasteiger partial charge in [0.25, 0.3) is 0 Å². The van der Waals surface area contributed by atoms with E-state index >= 15 is 0 Å². The number of halogens is 1. The van der Waals surface area contributed by atoms with Crippen molar-refractivity contribution in [2.75, 3.05) is 20.1 Å². The molecule has 160 valence electrons. The van der Waals surface area contributed by atoms with Crippen molar-refractivity contribution < 1.29 is 9.53 Å². The van der Waals surface area contributed by atoms with Crippen molar-refractivity contribution in [3.05, 3.63) is 30.2 Å². The van der Waals surface area contributed by atoms with Gasteiger partial charge in [-0.25, -0.2) is 4.79 Å². The Balaban J connectivity index is 0.00000300. The smallest absolute Gasteiger partial charge is 0.410 e. The van der Waals surface area contributed by atoms with Gasteiger partial charge in [0, 0.05) is 32.4 Å².